The first-order valence-corrected chi connectivity index (χ1v) is 14.8. The van der Waals surface area contributed by atoms with Crippen LogP contribution in [0.2, 0.25) is 0 Å². The second-order valence-corrected chi connectivity index (χ2v) is 11.5. The number of ketones is 1. The van der Waals surface area contributed by atoms with E-state index in [1.54, 1.807) is 17.5 Å². The molecule has 2 aromatic carbocycles. The predicted octanol–water partition coefficient (Wildman–Crippen LogP) is 6.56. The number of benzene rings is 2. The molecule has 1 saturated heterocycles. The first kappa shape index (κ1) is 26.3. The maximum Gasteiger partial charge on any atom is 0.193 e. The standard InChI is InChI=1S/C33H32N4O2S/c1-2-30(38)31-27(32(39)26-12-6-7-14-29(26)37(31)24-10-4-3-5-11-24)20-23-15-18-36(19-16-23)22-25-21-35-33(40-25)28-13-8-9-17-34-28/h3-14,17,21,23H,2,15-16,18-20,22H2,1H3. The minimum absolute atomic E-state index is 0.00581. The first-order chi connectivity index (χ1) is 19.6. The van der Waals surface area contributed by atoms with Crippen LogP contribution in [0.5, 0.6) is 0 Å². The molecule has 0 atom stereocenters. The third kappa shape index (κ3) is 5.27. The summed E-state index contributed by atoms with van der Waals surface area (Å²) in [4.78, 5) is 40.0. The number of para-hydroxylation sites is 2. The van der Waals surface area contributed by atoms with Crippen molar-refractivity contribution >= 4 is 28.0 Å². The van der Waals surface area contributed by atoms with Gasteiger partial charge in [-0.15, -0.1) is 11.3 Å². The topological polar surface area (TPSA) is 68.1 Å². The van der Waals surface area contributed by atoms with Crippen LogP contribution in [0.25, 0.3) is 27.3 Å². The number of likely N-dealkylation sites (tertiary alicyclic amines) is 1. The lowest BCUT2D eigenvalue weighted by Crippen LogP contribution is -2.35. The van der Waals surface area contributed by atoms with E-state index >= 15 is 0 Å². The molecule has 6 rings (SSSR count). The molecule has 3 aromatic heterocycles. The maximum absolute atomic E-state index is 13.9. The molecule has 0 bridgehead atoms. The van der Waals surface area contributed by atoms with Crippen LogP contribution in [0.1, 0.15) is 47.1 Å². The Bertz CT molecular complexity index is 1690. The summed E-state index contributed by atoms with van der Waals surface area (Å²) in [5.74, 6) is 0.358. The lowest BCUT2D eigenvalue weighted by atomic mass is 9.87. The summed E-state index contributed by atoms with van der Waals surface area (Å²) in [6.45, 7) is 4.66. The molecule has 0 spiro atoms. The van der Waals surface area contributed by atoms with Crippen LogP contribution < -0.4 is 5.43 Å². The number of pyridine rings is 2. The molecule has 1 aliphatic rings. The molecule has 4 heterocycles. The molecule has 1 aliphatic heterocycles. The number of rotatable bonds is 8. The Morgan fingerprint density at radius 3 is 2.45 bits per heavy atom. The van der Waals surface area contributed by atoms with E-state index in [1.807, 2.05) is 90.5 Å². The van der Waals surface area contributed by atoms with Crippen molar-refractivity contribution in [1.29, 1.82) is 0 Å². The van der Waals surface area contributed by atoms with E-state index in [2.05, 4.69) is 14.9 Å². The maximum atomic E-state index is 13.9. The van der Waals surface area contributed by atoms with Gasteiger partial charge < -0.3 is 4.57 Å². The van der Waals surface area contributed by atoms with Crippen molar-refractivity contribution < 1.29 is 4.79 Å². The predicted molar refractivity (Wildman–Crippen MR) is 161 cm³/mol. The van der Waals surface area contributed by atoms with Crippen molar-refractivity contribution in [2.75, 3.05) is 13.1 Å². The van der Waals surface area contributed by atoms with Crippen molar-refractivity contribution in [3.63, 3.8) is 0 Å². The Labute approximate surface area is 238 Å². The highest BCUT2D eigenvalue weighted by Gasteiger charge is 2.27. The van der Waals surface area contributed by atoms with Crippen molar-refractivity contribution in [3.8, 4) is 16.4 Å². The third-order valence-electron chi connectivity index (χ3n) is 7.79. The number of Topliss-reactive ketones (excluding diaryl/α,β-unsaturated/α-hetero) is 1. The number of hydrogen-bond donors (Lipinski definition) is 0. The second-order valence-electron chi connectivity index (χ2n) is 10.4. The van der Waals surface area contributed by atoms with Gasteiger partial charge in [-0.3, -0.25) is 19.5 Å². The van der Waals surface area contributed by atoms with E-state index < -0.39 is 0 Å². The van der Waals surface area contributed by atoms with Gasteiger partial charge >= 0.3 is 0 Å². The number of piperidine rings is 1. The Balaban J connectivity index is 1.25. The number of carbonyl (C=O) groups is 1. The Morgan fingerprint density at radius 1 is 0.950 bits per heavy atom. The zero-order chi connectivity index (χ0) is 27.5. The van der Waals surface area contributed by atoms with E-state index in [0.29, 0.717) is 35.4 Å². The van der Waals surface area contributed by atoms with Gasteiger partial charge in [0.1, 0.15) is 5.01 Å². The highest BCUT2D eigenvalue weighted by molar-refractivity contribution is 7.14. The number of thiazole rings is 1. The van der Waals surface area contributed by atoms with Gasteiger partial charge in [-0.05, 0) is 74.7 Å². The minimum Gasteiger partial charge on any atom is -0.306 e. The van der Waals surface area contributed by atoms with Gasteiger partial charge in [0.05, 0.1) is 16.9 Å². The lowest BCUT2D eigenvalue weighted by molar-refractivity contribution is 0.0979. The van der Waals surface area contributed by atoms with Crippen LogP contribution in [0.4, 0.5) is 0 Å². The molecule has 7 heteroatoms. The van der Waals surface area contributed by atoms with Crippen molar-refractivity contribution in [2.24, 2.45) is 5.92 Å². The third-order valence-corrected chi connectivity index (χ3v) is 8.79. The summed E-state index contributed by atoms with van der Waals surface area (Å²) in [6.07, 6.45) is 6.71. The van der Waals surface area contributed by atoms with Gasteiger partial charge in [-0.2, -0.15) is 0 Å². The molecule has 0 saturated carbocycles. The fourth-order valence-electron chi connectivity index (χ4n) is 5.73. The van der Waals surface area contributed by atoms with Gasteiger partial charge in [0, 0.05) is 46.9 Å². The molecule has 0 radical (unpaired) electrons. The Kier molecular flexibility index (Phi) is 7.66. The normalized spacial score (nSPS) is 14.5. The summed E-state index contributed by atoms with van der Waals surface area (Å²) < 4.78 is 2.01. The van der Waals surface area contributed by atoms with Crippen LogP contribution in [0.3, 0.4) is 0 Å². The minimum atomic E-state index is -0.00581. The highest BCUT2D eigenvalue weighted by atomic mass is 32.1. The molecule has 202 valence electrons. The molecule has 0 aliphatic carbocycles. The summed E-state index contributed by atoms with van der Waals surface area (Å²) in [5, 5.41) is 1.62. The van der Waals surface area contributed by atoms with Gasteiger partial charge in [0.15, 0.2) is 11.2 Å². The average Bonchev–Trinajstić information content (AvgIpc) is 3.48. The average molecular weight is 549 g/mol. The summed E-state index contributed by atoms with van der Waals surface area (Å²) in [5.41, 5.74) is 3.80. The monoisotopic (exact) mass is 548 g/mol. The van der Waals surface area contributed by atoms with E-state index in [9.17, 15) is 9.59 Å². The lowest BCUT2D eigenvalue weighted by Gasteiger charge is -2.32. The first-order valence-electron chi connectivity index (χ1n) is 14.0. The quantitative estimate of drug-likeness (QED) is 0.206. The second kappa shape index (κ2) is 11.7. The van der Waals surface area contributed by atoms with Gasteiger partial charge in [-0.1, -0.05) is 43.3 Å². The van der Waals surface area contributed by atoms with Crippen molar-refractivity contribution in [1.82, 2.24) is 19.4 Å². The Morgan fingerprint density at radius 2 is 1.70 bits per heavy atom. The highest BCUT2D eigenvalue weighted by Crippen LogP contribution is 2.29. The van der Waals surface area contributed by atoms with Crippen LogP contribution in [-0.4, -0.2) is 38.3 Å². The van der Waals surface area contributed by atoms with Crippen molar-refractivity contribution in [2.45, 2.75) is 39.2 Å². The van der Waals surface area contributed by atoms with E-state index in [0.717, 1.165) is 54.4 Å². The summed E-state index contributed by atoms with van der Waals surface area (Å²) in [6, 6.07) is 23.5. The molecule has 0 N–H and O–H groups in total. The fraction of sp³-hybridized carbons (Fsp3) is 0.273. The molecule has 6 nitrogen and oxygen atoms in total. The van der Waals surface area contributed by atoms with Gasteiger partial charge in [0.25, 0.3) is 0 Å². The van der Waals surface area contributed by atoms with E-state index in [4.69, 9.17) is 0 Å². The van der Waals surface area contributed by atoms with E-state index in [1.165, 1.54) is 4.88 Å². The zero-order valence-electron chi connectivity index (χ0n) is 22.6. The smallest absolute Gasteiger partial charge is 0.193 e. The largest absolute Gasteiger partial charge is 0.306 e. The summed E-state index contributed by atoms with van der Waals surface area (Å²) >= 11 is 1.70. The number of nitrogens with zero attached hydrogens (tertiary/aromatic N) is 4. The molecule has 0 unspecified atom stereocenters. The van der Waals surface area contributed by atoms with Crippen LogP contribution in [0.15, 0.2) is 90.0 Å². The van der Waals surface area contributed by atoms with Crippen LogP contribution in [0, 0.1) is 5.92 Å². The molecular formula is C33H32N4O2S. The van der Waals surface area contributed by atoms with E-state index in [-0.39, 0.29) is 11.2 Å². The molecule has 0 amide bonds. The van der Waals surface area contributed by atoms with Crippen molar-refractivity contribution in [3.05, 3.63) is 112 Å². The van der Waals surface area contributed by atoms with Crippen LogP contribution in [-0.2, 0) is 13.0 Å². The van der Waals surface area contributed by atoms with Crippen LogP contribution >= 0.6 is 11.3 Å². The SMILES string of the molecule is CCC(=O)c1c(CC2CCN(Cc3cnc(-c4ccccn4)s3)CC2)c(=O)c2ccccc2n1-c1ccccc1. The summed E-state index contributed by atoms with van der Waals surface area (Å²) in [7, 11) is 0. The molecule has 40 heavy (non-hydrogen) atoms. The number of fused-ring (bicyclic) bond motifs is 1. The number of carbonyl (C=O) groups excluding carboxylic acids is 1. The zero-order valence-corrected chi connectivity index (χ0v) is 23.4. The fourth-order valence-corrected chi connectivity index (χ4v) is 6.66. The molecule has 1 fully saturated rings. The van der Waals surface area contributed by atoms with Gasteiger partial charge in [0.2, 0.25) is 0 Å². The molecular weight excluding hydrogens is 516 g/mol. The molecule has 5 aromatic rings. The number of hydrogen-bond acceptors (Lipinski definition) is 6. The Hall–Kier alpha value is -3.94. The van der Waals surface area contributed by atoms with Gasteiger partial charge in [-0.25, -0.2) is 4.98 Å². The number of aromatic nitrogens is 3.